The van der Waals surface area contributed by atoms with Gasteiger partial charge in [-0.2, -0.15) is 11.8 Å². The van der Waals surface area contributed by atoms with Gasteiger partial charge in [-0.25, -0.2) is 0 Å². The number of rotatable bonds is 13. The molecule has 2 rings (SSSR count). The molecule has 0 spiro atoms. The van der Waals surface area contributed by atoms with E-state index >= 15 is 0 Å². The predicted molar refractivity (Wildman–Crippen MR) is 126 cm³/mol. The van der Waals surface area contributed by atoms with E-state index in [0.717, 1.165) is 24.3 Å². The lowest BCUT2D eigenvalue weighted by molar-refractivity contribution is -0.140. The van der Waals surface area contributed by atoms with Crippen LogP contribution in [0.2, 0.25) is 0 Å². The fourth-order valence-corrected chi connectivity index (χ4v) is 4.22. The summed E-state index contributed by atoms with van der Waals surface area (Å²) in [5.41, 5.74) is 2.44. The van der Waals surface area contributed by atoms with E-state index in [1.54, 1.807) is 16.7 Å². The molecule has 0 unspecified atom stereocenters. The van der Waals surface area contributed by atoms with Crippen LogP contribution >= 0.6 is 11.8 Å². The van der Waals surface area contributed by atoms with Crippen molar-refractivity contribution in [1.82, 2.24) is 10.2 Å². The summed E-state index contributed by atoms with van der Waals surface area (Å²) in [5, 5.41) is 2.97. The summed E-state index contributed by atoms with van der Waals surface area (Å²) in [4.78, 5) is 27.6. The van der Waals surface area contributed by atoms with Gasteiger partial charge in [-0.05, 0) is 30.4 Å². The molecular weight excluding hydrogens is 392 g/mol. The third-order valence-corrected chi connectivity index (χ3v) is 6.02. The molecule has 0 bridgehead atoms. The zero-order chi connectivity index (χ0) is 21.6. The smallest absolute Gasteiger partial charge is 0.242 e. The average molecular weight is 427 g/mol. The van der Waals surface area contributed by atoms with Crippen LogP contribution in [0.15, 0.2) is 60.7 Å². The molecule has 162 valence electrons. The van der Waals surface area contributed by atoms with E-state index in [9.17, 15) is 9.59 Å². The Kier molecular flexibility index (Phi) is 11.1. The van der Waals surface area contributed by atoms with Gasteiger partial charge in [0.15, 0.2) is 0 Å². The fraction of sp³-hybridized carbons (Fsp3) is 0.440. The van der Waals surface area contributed by atoms with Crippen LogP contribution < -0.4 is 5.32 Å². The largest absolute Gasteiger partial charge is 0.354 e. The SMILES string of the molecule is CCCNC(=O)[C@@H](CC)N(CCc1ccccc1)C(=O)CCSCc1ccccc1. The Morgan fingerprint density at radius 3 is 2.20 bits per heavy atom. The first kappa shape index (κ1) is 24.0. The van der Waals surface area contributed by atoms with Gasteiger partial charge in [-0.3, -0.25) is 9.59 Å². The fourth-order valence-electron chi connectivity index (χ4n) is 3.33. The van der Waals surface area contributed by atoms with Crippen molar-refractivity contribution in [3.8, 4) is 0 Å². The molecule has 2 aromatic carbocycles. The maximum atomic E-state index is 13.1. The zero-order valence-electron chi connectivity index (χ0n) is 18.2. The molecule has 2 aromatic rings. The molecule has 5 heteroatoms. The van der Waals surface area contributed by atoms with Gasteiger partial charge >= 0.3 is 0 Å². The normalized spacial score (nSPS) is 11.7. The van der Waals surface area contributed by atoms with Crippen LogP contribution in [0.1, 0.15) is 44.2 Å². The Balaban J connectivity index is 1.96. The Morgan fingerprint density at radius 2 is 1.60 bits per heavy atom. The highest BCUT2D eigenvalue weighted by Crippen LogP contribution is 2.16. The zero-order valence-corrected chi connectivity index (χ0v) is 19.0. The van der Waals surface area contributed by atoms with Crippen LogP contribution in [0.5, 0.6) is 0 Å². The molecule has 1 atom stereocenters. The quantitative estimate of drug-likeness (QED) is 0.473. The summed E-state index contributed by atoms with van der Waals surface area (Å²) in [6, 6.07) is 20.0. The number of nitrogens with one attached hydrogen (secondary N) is 1. The monoisotopic (exact) mass is 426 g/mol. The van der Waals surface area contributed by atoms with Crippen molar-refractivity contribution in [3.63, 3.8) is 0 Å². The van der Waals surface area contributed by atoms with Crippen molar-refractivity contribution in [2.24, 2.45) is 0 Å². The van der Waals surface area contributed by atoms with E-state index in [-0.39, 0.29) is 11.8 Å². The maximum absolute atomic E-state index is 13.1. The molecule has 0 aromatic heterocycles. The second-order valence-electron chi connectivity index (χ2n) is 7.33. The first-order valence-electron chi connectivity index (χ1n) is 10.9. The van der Waals surface area contributed by atoms with Crippen LogP contribution in [-0.4, -0.2) is 41.6 Å². The minimum atomic E-state index is -0.410. The van der Waals surface area contributed by atoms with E-state index < -0.39 is 6.04 Å². The first-order chi connectivity index (χ1) is 14.7. The number of thioether (sulfide) groups is 1. The molecular formula is C25H34N2O2S. The van der Waals surface area contributed by atoms with Crippen molar-refractivity contribution in [2.45, 2.75) is 51.3 Å². The number of carbonyl (C=O) groups is 2. The van der Waals surface area contributed by atoms with E-state index in [2.05, 4.69) is 29.6 Å². The average Bonchev–Trinajstić information content (AvgIpc) is 2.79. The van der Waals surface area contributed by atoms with Crippen molar-refractivity contribution in [3.05, 3.63) is 71.8 Å². The van der Waals surface area contributed by atoms with Gasteiger partial charge in [0.25, 0.3) is 0 Å². The minimum absolute atomic E-state index is 0.0438. The van der Waals surface area contributed by atoms with Gasteiger partial charge < -0.3 is 10.2 Å². The molecule has 1 N–H and O–H groups in total. The molecule has 30 heavy (non-hydrogen) atoms. The Labute approximate surface area is 185 Å². The number of benzene rings is 2. The maximum Gasteiger partial charge on any atom is 0.242 e. The molecule has 4 nitrogen and oxygen atoms in total. The molecule has 0 radical (unpaired) electrons. The number of nitrogens with zero attached hydrogens (tertiary/aromatic N) is 1. The molecule has 0 saturated carbocycles. The lowest BCUT2D eigenvalue weighted by Gasteiger charge is -2.30. The molecule has 0 saturated heterocycles. The van der Waals surface area contributed by atoms with Crippen LogP contribution in [0, 0.1) is 0 Å². The van der Waals surface area contributed by atoms with Crippen molar-refractivity contribution in [1.29, 1.82) is 0 Å². The van der Waals surface area contributed by atoms with Crippen LogP contribution in [-0.2, 0) is 21.8 Å². The first-order valence-corrected chi connectivity index (χ1v) is 12.0. The van der Waals surface area contributed by atoms with Gasteiger partial charge in [0.05, 0.1) is 0 Å². The van der Waals surface area contributed by atoms with Crippen LogP contribution in [0.25, 0.3) is 0 Å². The van der Waals surface area contributed by atoms with E-state index in [1.807, 2.05) is 50.2 Å². The molecule has 0 aliphatic heterocycles. The Morgan fingerprint density at radius 1 is 0.967 bits per heavy atom. The van der Waals surface area contributed by atoms with Gasteiger partial charge in [-0.1, -0.05) is 74.5 Å². The third kappa shape index (κ3) is 8.23. The van der Waals surface area contributed by atoms with E-state index in [0.29, 0.717) is 25.9 Å². The van der Waals surface area contributed by atoms with E-state index in [4.69, 9.17) is 0 Å². The standard InChI is InChI=1S/C25H34N2O2S/c1-3-17-26-25(29)23(4-2)27(18-15-21-11-7-5-8-12-21)24(28)16-19-30-20-22-13-9-6-10-14-22/h5-14,23H,3-4,15-20H2,1-2H3,(H,26,29)/t23-/m1/s1. The lowest BCUT2D eigenvalue weighted by atomic mass is 10.1. The highest BCUT2D eigenvalue weighted by Gasteiger charge is 2.27. The molecule has 0 aliphatic rings. The lowest BCUT2D eigenvalue weighted by Crippen LogP contribution is -2.50. The summed E-state index contributed by atoms with van der Waals surface area (Å²) in [5.74, 6) is 1.66. The van der Waals surface area contributed by atoms with E-state index in [1.165, 1.54) is 11.1 Å². The Bertz CT molecular complexity index is 752. The van der Waals surface area contributed by atoms with Crippen molar-refractivity contribution >= 4 is 23.6 Å². The van der Waals surface area contributed by atoms with Crippen LogP contribution in [0.3, 0.4) is 0 Å². The highest BCUT2D eigenvalue weighted by atomic mass is 32.2. The van der Waals surface area contributed by atoms with Crippen molar-refractivity contribution in [2.75, 3.05) is 18.8 Å². The molecule has 2 amide bonds. The highest BCUT2D eigenvalue weighted by molar-refractivity contribution is 7.98. The second kappa shape index (κ2) is 13.9. The van der Waals surface area contributed by atoms with Gasteiger partial charge in [-0.15, -0.1) is 0 Å². The molecule has 0 aliphatic carbocycles. The summed E-state index contributed by atoms with van der Waals surface area (Å²) in [6.45, 7) is 5.21. The topological polar surface area (TPSA) is 49.4 Å². The summed E-state index contributed by atoms with van der Waals surface area (Å²) < 4.78 is 0. The minimum Gasteiger partial charge on any atom is -0.354 e. The summed E-state index contributed by atoms with van der Waals surface area (Å²) in [6.07, 6.45) is 2.70. The molecule has 0 fully saturated rings. The van der Waals surface area contributed by atoms with Crippen LogP contribution in [0.4, 0.5) is 0 Å². The van der Waals surface area contributed by atoms with Gasteiger partial charge in [0.1, 0.15) is 6.04 Å². The summed E-state index contributed by atoms with van der Waals surface area (Å²) in [7, 11) is 0. The van der Waals surface area contributed by atoms with Gasteiger partial charge in [0, 0.05) is 31.0 Å². The number of amides is 2. The Hall–Kier alpha value is -2.27. The van der Waals surface area contributed by atoms with Gasteiger partial charge in [0.2, 0.25) is 11.8 Å². The number of carbonyl (C=O) groups excluding carboxylic acids is 2. The summed E-state index contributed by atoms with van der Waals surface area (Å²) >= 11 is 1.76. The number of hydrogen-bond donors (Lipinski definition) is 1. The number of hydrogen-bond acceptors (Lipinski definition) is 3. The third-order valence-electron chi connectivity index (χ3n) is 4.99. The molecule has 0 heterocycles. The van der Waals surface area contributed by atoms with Crippen molar-refractivity contribution < 1.29 is 9.59 Å². The predicted octanol–water partition coefficient (Wildman–Crippen LogP) is 4.69. The second-order valence-corrected chi connectivity index (χ2v) is 8.43.